The average molecular weight is 229 g/mol. The van der Waals surface area contributed by atoms with Crippen molar-refractivity contribution in [2.45, 2.75) is 6.42 Å². The molecule has 0 aromatic heterocycles. The van der Waals surface area contributed by atoms with Crippen molar-refractivity contribution >= 4 is 21.6 Å². The highest BCUT2D eigenvalue weighted by atomic mass is 79.9. The molecule has 3 nitrogen and oxygen atoms in total. The number of nitrogens with zero attached hydrogens (tertiary/aromatic N) is 1. The molecule has 0 fully saturated rings. The number of halogens is 1. The largest absolute Gasteiger partial charge is 0.270 e. The number of nitro groups is 1. The molecule has 0 aliphatic heterocycles. The molecular weight excluding hydrogens is 222 g/mol. The normalized spacial score (nSPS) is 9.83. The van der Waals surface area contributed by atoms with Gasteiger partial charge in [0.15, 0.2) is 0 Å². The van der Waals surface area contributed by atoms with Crippen LogP contribution in [0.1, 0.15) is 5.56 Å². The van der Waals surface area contributed by atoms with Crippen LogP contribution in [-0.4, -0.2) is 4.92 Å². The fraction of sp³-hybridized carbons (Fsp3) is 0.125. The quantitative estimate of drug-likeness (QED) is 0.578. The van der Waals surface area contributed by atoms with Crippen molar-refractivity contribution < 1.29 is 4.92 Å². The number of hydrogen-bond donors (Lipinski definition) is 0. The molecule has 4 heteroatoms. The summed E-state index contributed by atoms with van der Waals surface area (Å²) in [5, 5.41) is 10.3. The number of hydrogen-bond acceptors (Lipinski definition) is 2. The van der Waals surface area contributed by atoms with Crippen LogP contribution in [-0.2, 0) is 6.42 Å². The molecule has 1 aromatic rings. The lowest BCUT2D eigenvalue weighted by Crippen LogP contribution is -1.89. The summed E-state index contributed by atoms with van der Waals surface area (Å²) in [4.78, 5) is 9.90. The van der Waals surface area contributed by atoms with Crippen molar-refractivity contribution in [1.82, 2.24) is 0 Å². The van der Waals surface area contributed by atoms with Crippen molar-refractivity contribution in [3.8, 4) is 0 Å². The minimum absolute atomic E-state index is 0.0964. The summed E-state index contributed by atoms with van der Waals surface area (Å²) in [5.74, 6) is 0. The van der Waals surface area contributed by atoms with Crippen LogP contribution in [0.15, 0.2) is 22.7 Å². The van der Waals surface area contributed by atoms with E-state index in [-0.39, 0.29) is 5.69 Å². The Kier molecular flexibility index (Phi) is 2.81. The number of nitro benzene ring substituents is 1. The molecule has 1 radical (unpaired) electrons. The van der Waals surface area contributed by atoms with Crippen LogP contribution in [0.3, 0.4) is 0 Å². The number of non-ortho nitro benzene ring substituents is 1. The van der Waals surface area contributed by atoms with Gasteiger partial charge < -0.3 is 0 Å². The standard InChI is InChI=1S/C8H7BrNO2/c1-2-6-3-4-7(10(11)12)5-8(6)9/h3-5H,1-2H2. The van der Waals surface area contributed by atoms with Gasteiger partial charge in [-0.15, -0.1) is 0 Å². The molecule has 0 N–H and O–H groups in total. The second kappa shape index (κ2) is 3.67. The molecule has 0 atom stereocenters. The second-order valence-corrected chi connectivity index (χ2v) is 3.14. The molecular formula is C8H7BrNO2. The molecule has 0 unspecified atom stereocenters. The van der Waals surface area contributed by atoms with Gasteiger partial charge in [0.1, 0.15) is 0 Å². The van der Waals surface area contributed by atoms with E-state index in [2.05, 4.69) is 22.9 Å². The molecule has 0 aliphatic carbocycles. The van der Waals surface area contributed by atoms with E-state index in [1.807, 2.05) is 0 Å². The zero-order valence-corrected chi connectivity index (χ0v) is 7.87. The van der Waals surface area contributed by atoms with E-state index in [0.717, 1.165) is 10.0 Å². The zero-order valence-electron chi connectivity index (χ0n) is 6.29. The van der Waals surface area contributed by atoms with E-state index in [0.29, 0.717) is 6.42 Å². The highest BCUT2D eigenvalue weighted by molar-refractivity contribution is 9.10. The van der Waals surface area contributed by atoms with Gasteiger partial charge in [0.2, 0.25) is 0 Å². The molecule has 0 bridgehead atoms. The fourth-order valence-electron chi connectivity index (χ4n) is 0.853. The summed E-state index contributed by atoms with van der Waals surface area (Å²) in [6.07, 6.45) is 0.624. The van der Waals surface area contributed by atoms with Crippen LogP contribution < -0.4 is 0 Å². The van der Waals surface area contributed by atoms with Crippen molar-refractivity contribution in [2.24, 2.45) is 0 Å². The second-order valence-electron chi connectivity index (χ2n) is 2.28. The van der Waals surface area contributed by atoms with Crippen molar-refractivity contribution in [3.05, 3.63) is 45.3 Å². The van der Waals surface area contributed by atoms with Gasteiger partial charge in [0, 0.05) is 16.6 Å². The molecule has 0 spiro atoms. The summed E-state index contributed by atoms with van der Waals surface area (Å²) in [6, 6.07) is 4.67. The monoisotopic (exact) mass is 228 g/mol. The third kappa shape index (κ3) is 1.82. The summed E-state index contributed by atoms with van der Waals surface area (Å²) < 4.78 is 0.742. The van der Waals surface area contributed by atoms with Crippen molar-refractivity contribution in [1.29, 1.82) is 0 Å². The minimum Gasteiger partial charge on any atom is -0.258 e. The smallest absolute Gasteiger partial charge is 0.258 e. The molecule has 0 amide bonds. The summed E-state index contributed by atoms with van der Waals surface area (Å²) >= 11 is 3.23. The van der Waals surface area contributed by atoms with Crippen LogP contribution >= 0.6 is 15.9 Å². The first-order valence-corrected chi connectivity index (χ1v) is 4.16. The lowest BCUT2D eigenvalue weighted by atomic mass is 10.1. The Hall–Kier alpha value is -0.900. The average Bonchev–Trinajstić information content (AvgIpc) is 2.04. The lowest BCUT2D eigenvalue weighted by molar-refractivity contribution is -0.384. The third-order valence-corrected chi connectivity index (χ3v) is 2.26. The topological polar surface area (TPSA) is 43.1 Å². The van der Waals surface area contributed by atoms with E-state index in [9.17, 15) is 10.1 Å². The molecule has 0 aliphatic rings. The van der Waals surface area contributed by atoms with E-state index in [1.54, 1.807) is 6.07 Å². The molecule has 0 heterocycles. The van der Waals surface area contributed by atoms with E-state index in [4.69, 9.17) is 0 Å². The van der Waals surface area contributed by atoms with Crippen molar-refractivity contribution in [3.63, 3.8) is 0 Å². The van der Waals surface area contributed by atoms with Gasteiger partial charge in [0.25, 0.3) is 5.69 Å². The van der Waals surface area contributed by atoms with Crippen LogP contribution in [0.5, 0.6) is 0 Å². The predicted molar refractivity (Wildman–Crippen MR) is 49.9 cm³/mol. The summed E-state index contributed by atoms with van der Waals surface area (Å²) in [6.45, 7) is 3.69. The van der Waals surface area contributed by atoms with Crippen LogP contribution in [0.25, 0.3) is 0 Å². The maximum Gasteiger partial charge on any atom is 0.270 e. The first-order chi connectivity index (χ1) is 5.65. The Bertz CT molecular complexity index is 312. The van der Waals surface area contributed by atoms with E-state index in [1.165, 1.54) is 12.1 Å². The molecule has 1 aromatic carbocycles. The fourth-order valence-corrected chi connectivity index (χ4v) is 1.42. The molecule has 1 rings (SSSR count). The maximum absolute atomic E-state index is 10.3. The zero-order chi connectivity index (χ0) is 9.14. The first-order valence-electron chi connectivity index (χ1n) is 3.37. The summed E-state index contributed by atoms with van der Waals surface area (Å²) in [7, 11) is 0. The molecule has 0 saturated heterocycles. The van der Waals surface area contributed by atoms with Gasteiger partial charge in [-0.05, 0) is 18.9 Å². The summed E-state index contributed by atoms with van der Waals surface area (Å²) in [5.41, 5.74) is 1.07. The minimum atomic E-state index is -0.419. The van der Waals surface area contributed by atoms with E-state index >= 15 is 0 Å². The predicted octanol–water partition coefficient (Wildman–Crippen LogP) is 2.73. The Labute approximate surface area is 78.7 Å². The third-order valence-electron chi connectivity index (χ3n) is 1.52. The van der Waals surface area contributed by atoms with Crippen LogP contribution in [0.2, 0.25) is 0 Å². The van der Waals surface area contributed by atoms with Crippen LogP contribution in [0.4, 0.5) is 5.69 Å². The number of benzene rings is 1. The van der Waals surface area contributed by atoms with Gasteiger partial charge in [-0.1, -0.05) is 22.0 Å². The molecule has 0 saturated carbocycles. The lowest BCUT2D eigenvalue weighted by Gasteiger charge is -1.99. The SMILES string of the molecule is [CH2]Cc1ccc([N+](=O)[O-])cc1Br. The number of rotatable bonds is 2. The highest BCUT2D eigenvalue weighted by Crippen LogP contribution is 2.22. The molecule has 63 valence electrons. The molecule has 12 heavy (non-hydrogen) atoms. The highest BCUT2D eigenvalue weighted by Gasteiger charge is 2.07. The first kappa shape index (κ1) is 9.19. The van der Waals surface area contributed by atoms with Crippen molar-refractivity contribution in [2.75, 3.05) is 0 Å². The van der Waals surface area contributed by atoms with E-state index < -0.39 is 4.92 Å². The Morgan fingerprint density at radius 3 is 2.67 bits per heavy atom. The van der Waals surface area contributed by atoms with Gasteiger partial charge in [0.05, 0.1) is 4.92 Å². The van der Waals surface area contributed by atoms with Crippen LogP contribution in [0, 0.1) is 17.0 Å². The Morgan fingerprint density at radius 2 is 2.25 bits per heavy atom. The Morgan fingerprint density at radius 1 is 1.58 bits per heavy atom. The Balaban J connectivity index is 3.10. The van der Waals surface area contributed by atoms with Gasteiger partial charge in [-0.3, -0.25) is 10.1 Å². The maximum atomic E-state index is 10.3. The van der Waals surface area contributed by atoms with Gasteiger partial charge in [-0.2, -0.15) is 0 Å². The van der Waals surface area contributed by atoms with Gasteiger partial charge >= 0.3 is 0 Å². The van der Waals surface area contributed by atoms with Gasteiger partial charge in [-0.25, -0.2) is 0 Å².